The van der Waals surface area contributed by atoms with Crippen LogP contribution in [0.25, 0.3) is 0 Å². The molecule has 2 nitrogen and oxygen atoms in total. The van der Waals surface area contributed by atoms with Gasteiger partial charge in [0.15, 0.2) is 0 Å². The first kappa shape index (κ1) is 13.9. The Bertz CT molecular complexity index is 369. The molecule has 0 spiro atoms. The van der Waals surface area contributed by atoms with Crippen LogP contribution >= 0.6 is 11.6 Å². The highest BCUT2D eigenvalue weighted by molar-refractivity contribution is 6.21. The second kappa shape index (κ2) is 6.05. The Morgan fingerprint density at radius 2 is 2.11 bits per heavy atom. The monoisotopic (exact) mass is 268 g/mol. The van der Waals surface area contributed by atoms with Gasteiger partial charge in [0.25, 0.3) is 0 Å². The topological polar surface area (TPSA) is 18.5 Å². The molecule has 1 aromatic rings. The molecule has 0 radical (unpaired) electrons. The Kier molecular flexibility index (Phi) is 4.66. The Labute approximate surface area is 114 Å². The van der Waals surface area contributed by atoms with Crippen molar-refractivity contribution in [3.63, 3.8) is 0 Å². The molecule has 2 rings (SSSR count). The Hall–Kier alpha value is -0.570. The van der Waals surface area contributed by atoms with Crippen molar-refractivity contribution in [2.24, 2.45) is 0 Å². The molecule has 0 aromatic heterocycles. The maximum Gasteiger partial charge on any atom is 0.0872 e. The van der Waals surface area contributed by atoms with Gasteiger partial charge in [-0.1, -0.05) is 24.3 Å². The summed E-state index contributed by atoms with van der Waals surface area (Å²) in [4.78, 5) is 0. The predicted octanol–water partition coefficient (Wildman–Crippen LogP) is 3.72. The summed E-state index contributed by atoms with van der Waals surface area (Å²) in [6, 6.07) is 8.47. The maximum absolute atomic E-state index is 6.56. The molecule has 1 aliphatic rings. The number of ether oxygens (including phenoxy) is 2. The second-order valence-electron chi connectivity index (χ2n) is 5.11. The van der Waals surface area contributed by atoms with Crippen LogP contribution in [0.15, 0.2) is 24.3 Å². The van der Waals surface area contributed by atoms with Crippen molar-refractivity contribution in [2.45, 2.75) is 37.2 Å². The van der Waals surface area contributed by atoms with E-state index in [1.54, 1.807) is 7.11 Å². The van der Waals surface area contributed by atoms with Gasteiger partial charge in [-0.05, 0) is 37.3 Å². The lowest BCUT2D eigenvalue weighted by molar-refractivity contribution is 0.0164. The third-order valence-corrected chi connectivity index (χ3v) is 4.37. The van der Waals surface area contributed by atoms with Crippen LogP contribution in [0.5, 0.6) is 0 Å². The third kappa shape index (κ3) is 3.05. The summed E-state index contributed by atoms with van der Waals surface area (Å²) in [5, 5.41) is -0.0727. The van der Waals surface area contributed by atoms with Gasteiger partial charge in [-0.15, -0.1) is 11.6 Å². The van der Waals surface area contributed by atoms with Crippen molar-refractivity contribution in [1.82, 2.24) is 0 Å². The van der Waals surface area contributed by atoms with E-state index in [4.69, 9.17) is 21.1 Å². The minimum absolute atomic E-state index is 0.0727. The minimum Gasteiger partial charge on any atom is -0.384 e. The van der Waals surface area contributed by atoms with Crippen LogP contribution in [0.4, 0.5) is 0 Å². The van der Waals surface area contributed by atoms with Gasteiger partial charge in [0, 0.05) is 13.7 Å². The van der Waals surface area contributed by atoms with E-state index in [0.29, 0.717) is 0 Å². The van der Waals surface area contributed by atoms with Gasteiger partial charge >= 0.3 is 0 Å². The van der Waals surface area contributed by atoms with Crippen molar-refractivity contribution < 1.29 is 9.47 Å². The lowest BCUT2D eigenvalue weighted by atomic mass is 9.92. The minimum atomic E-state index is -0.213. The average Bonchev–Trinajstić information content (AvgIpc) is 2.84. The van der Waals surface area contributed by atoms with Crippen LogP contribution in [0.2, 0.25) is 0 Å². The van der Waals surface area contributed by atoms with Gasteiger partial charge < -0.3 is 9.47 Å². The quantitative estimate of drug-likeness (QED) is 0.758. The van der Waals surface area contributed by atoms with E-state index in [0.717, 1.165) is 38.0 Å². The number of hydrogen-bond donors (Lipinski definition) is 0. The summed E-state index contributed by atoms with van der Waals surface area (Å²) in [5.74, 6) is 0. The number of hydrogen-bond acceptors (Lipinski definition) is 2. The van der Waals surface area contributed by atoms with E-state index in [-0.39, 0.29) is 11.0 Å². The summed E-state index contributed by atoms with van der Waals surface area (Å²) in [5.41, 5.74) is 2.21. The van der Waals surface area contributed by atoms with Crippen LogP contribution in [-0.2, 0) is 15.9 Å². The molecule has 0 bridgehead atoms. The molecular weight excluding hydrogens is 248 g/mol. The lowest BCUT2D eigenvalue weighted by Gasteiger charge is -2.29. The molecule has 2 atom stereocenters. The number of methoxy groups -OCH3 is 1. The molecule has 0 aliphatic carbocycles. The molecule has 1 aliphatic heterocycles. The molecule has 0 N–H and O–H groups in total. The maximum atomic E-state index is 6.56. The summed E-state index contributed by atoms with van der Waals surface area (Å²) in [6.07, 6.45) is 3.08. The van der Waals surface area contributed by atoms with Gasteiger partial charge in [-0.2, -0.15) is 0 Å². The van der Waals surface area contributed by atoms with Crippen LogP contribution in [0.1, 0.15) is 36.3 Å². The Morgan fingerprint density at radius 3 is 2.67 bits per heavy atom. The van der Waals surface area contributed by atoms with E-state index >= 15 is 0 Å². The highest BCUT2D eigenvalue weighted by atomic mass is 35.5. The van der Waals surface area contributed by atoms with Crippen LogP contribution in [0.3, 0.4) is 0 Å². The molecule has 0 saturated carbocycles. The molecule has 2 unspecified atom stereocenters. The van der Waals surface area contributed by atoms with Crippen LogP contribution in [0, 0.1) is 0 Å². The predicted molar refractivity (Wildman–Crippen MR) is 74.2 cm³/mol. The van der Waals surface area contributed by atoms with Crippen molar-refractivity contribution in [2.75, 3.05) is 20.3 Å². The van der Waals surface area contributed by atoms with Gasteiger partial charge in [0.2, 0.25) is 0 Å². The molecule has 1 saturated heterocycles. The molecule has 100 valence electrons. The first-order valence-corrected chi connectivity index (χ1v) is 6.95. The molecule has 1 aromatic carbocycles. The van der Waals surface area contributed by atoms with Crippen LogP contribution in [-0.4, -0.2) is 25.9 Å². The fraction of sp³-hybridized carbons (Fsp3) is 0.600. The number of alkyl halides is 1. The fourth-order valence-electron chi connectivity index (χ4n) is 2.43. The van der Waals surface area contributed by atoms with Gasteiger partial charge in [0.05, 0.1) is 17.6 Å². The highest BCUT2D eigenvalue weighted by Gasteiger charge is 2.38. The van der Waals surface area contributed by atoms with Crippen molar-refractivity contribution in [1.29, 1.82) is 0 Å². The van der Waals surface area contributed by atoms with Gasteiger partial charge in [-0.25, -0.2) is 0 Å². The number of benzene rings is 1. The van der Waals surface area contributed by atoms with E-state index < -0.39 is 0 Å². The summed E-state index contributed by atoms with van der Waals surface area (Å²) < 4.78 is 10.9. The van der Waals surface area contributed by atoms with Crippen molar-refractivity contribution in [3.05, 3.63) is 35.4 Å². The summed E-state index contributed by atoms with van der Waals surface area (Å²) in [7, 11) is 1.72. The third-order valence-electron chi connectivity index (χ3n) is 3.65. The normalized spacial score (nSPS) is 25.3. The van der Waals surface area contributed by atoms with E-state index in [2.05, 4.69) is 31.2 Å². The van der Waals surface area contributed by atoms with E-state index in [1.165, 1.54) is 5.56 Å². The Morgan fingerprint density at radius 1 is 1.39 bits per heavy atom. The van der Waals surface area contributed by atoms with Crippen molar-refractivity contribution in [3.8, 4) is 0 Å². The fourth-order valence-corrected chi connectivity index (χ4v) is 2.74. The van der Waals surface area contributed by atoms with E-state index in [1.807, 2.05) is 0 Å². The van der Waals surface area contributed by atoms with Gasteiger partial charge in [0.1, 0.15) is 0 Å². The highest BCUT2D eigenvalue weighted by Crippen LogP contribution is 2.41. The molecule has 1 fully saturated rings. The largest absolute Gasteiger partial charge is 0.384 e. The SMILES string of the molecule is COCCc1ccc(C(Cl)C2(C)CCCO2)cc1. The molecule has 3 heteroatoms. The first-order valence-electron chi connectivity index (χ1n) is 6.51. The molecule has 18 heavy (non-hydrogen) atoms. The average molecular weight is 269 g/mol. The van der Waals surface area contributed by atoms with E-state index in [9.17, 15) is 0 Å². The standard InChI is InChI=1S/C15H21ClO2/c1-15(9-3-10-18-15)14(16)13-6-4-12(5-7-13)8-11-17-2/h4-7,14H,3,8-11H2,1-2H3. The molecular formula is C15H21ClO2. The zero-order chi connectivity index (χ0) is 13.0. The van der Waals surface area contributed by atoms with Crippen LogP contribution < -0.4 is 0 Å². The zero-order valence-corrected chi connectivity index (χ0v) is 11.9. The Balaban J connectivity index is 2.04. The molecule has 0 amide bonds. The second-order valence-corrected chi connectivity index (χ2v) is 5.55. The zero-order valence-electron chi connectivity index (χ0n) is 11.1. The summed E-state index contributed by atoms with van der Waals surface area (Å²) in [6.45, 7) is 3.69. The molecule has 1 heterocycles. The summed E-state index contributed by atoms with van der Waals surface area (Å²) >= 11 is 6.56. The number of rotatable bonds is 5. The van der Waals surface area contributed by atoms with Gasteiger partial charge in [-0.3, -0.25) is 0 Å². The lowest BCUT2D eigenvalue weighted by Crippen LogP contribution is -2.28. The smallest absolute Gasteiger partial charge is 0.0872 e. The van der Waals surface area contributed by atoms with Crippen molar-refractivity contribution >= 4 is 11.6 Å². The number of halogens is 1. The first-order chi connectivity index (χ1) is 8.65.